The highest BCUT2D eigenvalue weighted by atomic mass is 32.2. The lowest BCUT2D eigenvalue weighted by Crippen LogP contribution is -2.58. The van der Waals surface area contributed by atoms with Gasteiger partial charge in [-0.25, -0.2) is 8.42 Å². The molecule has 1 heterocycles. The van der Waals surface area contributed by atoms with E-state index in [4.69, 9.17) is 4.74 Å². The number of amides is 3. The number of thioether (sulfide) groups is 1. The number of aromatic nitrogens is 1. The molecule has 3 amide bonds. The molecule has 13 heteroatoms. The van der Waals surface area contributed by atoms with Crippen LogP contribution in [0, 0.1) is 5.92 Å². The third-order valence-electron chi connectivity index (χ3n) is 7.55. The van der Waals surface area contributed by atoms with Crippen LogP contribution in [0.1, 0.15) is 69.3 Å². The van der Waals surface area contributed by atoms with Crippen molar-refractivity contribution in [1.82, 2.24) is 20.9 Å². The molecule has 1 aromatic carbocycles. The van der Waals surface area contributed by atoms with Crippen molar-refractivity contribution >= 4 is 39.3 Å². The summed E-state index contributed by atoms with van der Waals surface area (Å²) in [7, 11) is -2.29. The fourth-order valence-corrected chi connectivity index (χ4v) is 8.35. The molecule has 262 valence electrons. The first-order chi connectivity index (χ1) is 22.4. The number of benzene rings is 1. The molecule has 1 unspecified atom stereocenters. The Kier molecular flexibility index (Phi) is 18.0. The minimum Gasteiger partial charge on any atom is -0.389 e. The van der Waals surface area contributed by atoms with Crippen molar-refractivity contribution in [2.75, 3.05) is 31.8 Å². The molecule has 2 rings (SSSR count). The second-order valence-electron chi connectivity index (χ2n) is 12.0. The second kappa shape index (κ2) is 21.1. The van der Waals surface area contributed by atoms with Crippen LogP contribution in [-0.2, 0) is 30.6 Å². The van der Waals surface area contributed by atoms with Crippen molar-refractivity contribution in [2.24, 2.45) is 5.92 Å². The van der Waals surface area contributed by atoms with Crippen molar-refractivity contribution in [3.8, 4) is 0 Å². The largest absolute Gasteiger partial charge is 0.389 e. The SMILES string of the molecule is CCCC(CCC)S(=O)(=O)CC(NC(=O)c1cccnc1)C(=O)N[C@@H](Cc1ccccc1)[C@@H](O)[C@@H](SCCOC)C(=O)NCC(C)C. The Morgan fingerprint density at radius 2 is 1.66 bits per heavy atom. The Bertz CT molecular complexity index is 1320. The summed E-state index contributed by atoms with van der Waals surface area (Å²) < 4.78 is 32.5. The summed E-state index contributed by atoms with van der Waals surface area (Å²) in [6, 6.07) is 9.78. The zero-order valence-corrected chi connectivity index (χ0v) is 29.8. The number of carbonyl (C=O) groups excluding carboxylic acids is 3. The quantitative estimate of drug-likeness (QED) is 0.136. The number of aliphatic hydroxyl groups is 1. The van der Waals surface area contributed by atoms with Crippen molar-refractivity contribution in [2.45, 2.75) is 88.5 Å². The lowest BCUT2D eigenvalue weighted by molar-refractivity contribution is -0.126. The Balaban J connectivity index is 2.49. The van der Waals surface area contributed by atoms with Crippen LogP contribution < -0.4 is 16.0 Å². The van der Waals surface area contributed by atoms with Crippen molar-refractivity contribution in [1.29, 1.82) is 0 Å². The number of hydrogen-bond donors (Lipinski definition) is 4. The number of rotatable bonds is 22. The van der Waals surface area contributed by atoms with Gasteiger partial charge in [-0.15, -0.1) is 11.8 Å². The molecule has 0 fully saturated rings. The molecule has 47 heavy (non-hydrogen) atoms. The Morgan fingerprint density at radius 1 is 0.979 bits per heavy atom. The topological polar surface area (TPSA) is 164 Å². The Hall–Kier alpha value is -3.00. The highest BCUT2D eigenvalue weighted by Gasteiger charge is 2.38. The summed E-state index contributed by atoms with van der Waals surface area (Å²) in [4.78, 5) is 44.6. The highest BCUT2D eigenvalue weighted by Crippen LogP contribution is 2.22. The van der Waals surface area contributed by atoms with E-state index in [9.17, 15) is 27.9 Å². The summed E-state index contributed by atoms with van der Waals surface area (Å²) in [6.07, 6.45) is 3.77. The minimum absolute atomic E-state index is 0.150. The van der Waals surface area contributed by atoms with Crippen LogP contribution in [0.4, 0.5) is 0 Å². The summed E-state index contributed by atoms with van der Waals surface area (Å²) >= 11 is 1.21. The number of methoxy groups -OCH3 is 1. The average molecular weight is 693 g/mol. The fourth-order valence-electron chi connectivity index (χ4n) is 5.05. The van der Waals surface area contributed by atoms with Gasteiger partial charge in [-0.1, -0.05) is 70.9 Å². The van der Waals surface area contributed by atoms with Crippen LogP contribution in [0.2, 0.25) is 0 Å². The van der Waals surface area contributed by atoms with Gasteiger partial charge in [0, 0.05) is 31.8 Å². The number of nitrogens with one attached hydrogen (secondary N) is 3. The first kappa shape index (κ1) is 40.2. The lowest BCUT2D eigenvalue weighted by Gasteiger charge is -2.31. The number of aliphatic hydroxyl groups excluding tert-OH is 1. The molecule has 4 N–H and O–H groups in total. The fraction of sp³-hybridized carbons (Fsp3) is 0.588. The molecule has 0 spiro atoms. The molecule has 1 aromatic heterocycles. The molecule has 0 saturated carbocycles. The molecule has 0 aliphatic rings. The van der Waals surface area contributed by atoms with E-state index < -0.39 is 56.1 Å². The highest BCUT2D eigenvalue weighted by molar-refractivity contribution is 8.00. The summed E-state index contributed by atoms with van der Waals surface area (Å²) in [6.45, 7) is 8.47. The summed E-state index contributed by atoms with van der Waals surface area (Å²) in [5, 5.41) is 18.5. The predicted octanol–water partition coefficient (Wildman–Crippen LogP) is 3.17. The molecule has 4 atom stereocenters. The van der Waals surface area contributed by atoms with E-state index >= 15 is 0 Å². The zero-order valence-electron chi connectivity index (χ0n) is 28.2. The number of sulfone groups is 1. The monoisotopic (exact) mass is 692 g/mol. The molecule has 0 aliphatic carbocycles. The standard InChI is InChI=1S/C34H52N4O7S2/c1-6-12-27(13-7-2)47(43,44)23-29(38-32(40)26-16-11-17-35-22-26)33(41)37-28(20-25-14-9-8-10-15-25)30(39)31(46-19-18-45-5)34(42)36-21-24(3)4/h8-11,14-17,22,24,27-31,39H,6-7,12-13,18-21,23H2,1-5H3,(H,36,42)(H,37,41)(H,38,40)/t28-,29?,30+,31+/m0/s1. The smallest absolute Gasteiger partial charge is 0.253 e. The van der Waals surface area contributed by atoms with Gasteiger partial charge in [0.15, 0.2) is 9.84 Å². The van der Waals surface area contributed by atoms with Gasteiger partial charge < -0.3 is 25.8 Å². The Labute approximate surface area is 284 Å². The zero-order chi connectivity index (χ0) is 34.8. The van der Waals surface area contributed by atoms with E-state index in [1.54, 1.807) is 13.2 Å². The number of carbonyl (C=O) groups is 3. The third kappa shape index (κ3) is 13.9. The maximum atomic E-state index is 14.1. The third-order valence-corrected chi connectivity index (χ3v) is 11.1. The maximum absolute atomic E-state index is 14.1. The van der Waals surface area contributed by atoms with Crippen LogP contribution in [0.5, 0.6) is 0 Å². The lowest BCUT2D eigenvalue weighted by atomic mass is 9.98. The van der Waals surface area contributed by atoms with Gasteiger partial charge in [-0.2, -0.15) is 0 Å². The van der Waals surface area contributed by atoms with Crippen LogP contribution >= 0.6 is 11.8 Å². The number of nitrogens with zero attached hydrogens (tertiary/aromatic N) is 1. The van der Waals surface area contributed by atoms with Gasteiger partial charge in [-0.05, 0) is 42.9 Å². The minimum atomic E-state index is -3.83. The average Bonchev–Trinajstić information content (AvgIpc) is 3.05. The van der Waals surface area contributed by atoms with Gasteiger partial charge in [0.1, 0.15) is 11.3 Å². The molecule has 2 aromatic rings. The number of ether oxygens (including phenoxy) is 1. The number of pyridine rings is 1. The van der Waals surface area contributed by atoms with Crippen molar-refractivity contribution < 1.29 is 32.6 Å². The van der Waals surface area contributed by atoms with E-state index in [0.29, 0.717) is 44.6 Å². The molecule has 0 radical (unpaired) electrons. The van der Waals surface area contributed by atoms with Gasteiger partial charge in [-0.3, -0.25) is 19.4 Å². The van der Waals surface area contributed by atoms with Crippen molar-refractivity contribution in [3.05, 3.63) is 66.0 Å². The molecule has 0 aliphatic heterocycles. The van der Waals surface area contributed by atoms with Crippen LogP contribution in [0.15, 0.2) is 54.9 Å². The second-order valence-corrected chi connectivity index (χ2v) is 15.6. The number of hydrogen-bond acceptors (Lipinski definition) is 9. The van der Waals surface area contributed by atoms with E-state index in [1.807, 2.05) is 58.0 Å². The molecule has 11 nitrogen and oxygen atoms in total. The van der Waals surface area contributed by atoms with Gasteiger partial charge in [0.25, 0.3) is 5.91 Å². The van der Waals surface area contributed by atoms with E-state index in [0.717, 1.165) is 5.56 Å². The first-order valence-corrected chi connectivity index (χ1v) is 19.0. The van der Waals surface area contributed by atoms with E-state index in [1.165, 1.54) is 30.2 Å². The van der Waals surface area contributed by atoms with E-state index in [2.05, 4.69) is 20.9 Å². The van der Waals surface area contributed by atoms with Crippen molar-refractivity contribution in [3.63, 3.8) is 0 Å². The molecule has 0 bridgehead atoms. The van der Waals surface area contributed by atoms with Crippen LogP contribution in [0.3, 0.4) is 0 Å². The van der Waals surface area contributed by atoms with E-state index in [-0.39, 0.29) is 23.8 Å². The summed E-state index contributed by atoms with van der Waals surface area (Å²) in [5.74, 6) is -1.85. The molecular formula is C34H52N4O7S2. The molecular weight excluding hydrogens is 641 g/mol. The summed E-state index contributed by atoms with van der Waals surface area (Å²) in [5.41, 5.74) is 0.952. The Morgan fingerprint density at radius 3 is 2.23 bits per heavy atom. The normalized spacial score (nSPS) is 14.3. The van der Waals surface area contributed by atoms with Gasteiger partial charge in [0.05, 0.1) is 35.3 Å². The van der Waals surface area contributed by atoms with Gasteiger partial charge >= 0.3 is 0 Å². The van der Waals surface area contributed by atoms with Gasteiger partial charge in [0.2, 0.25) is 11.8 Å². The first-order valence-electron chi connectivity index (χ1n) is 16.3. The molecule has 0 saturated heterocycles. The van der Waals surface area contributed by atoms with Crippen LogP contribution in [-0.4, -0.2) is 96.7 Å². The maximum Gasteiger partial charge on any atom is 0.253 e. The van der Waals surface area contributed by atoms with Crippen LogP contribution in [0.25, 0.3) is 0 Å². The predicted molar refractivity (Wildman–Crippen MR) is 187 cm³/mol.